The van der Waals surface area contributed by atoms with Gasteiger partial charge in [0.15, 0.2) is 5.13 Å². The van der Waals surface area contributed by atoms with Crippen LogP contribution < -0.4 is 10.6 Å². The number of hydrogen-bond donors (Lipinski definition) is 2. The molecule has 0 radical (unpaired) electrons. The monoisotopic (exact) mass is 277 g/mol. The van der Waals surface area contributed by atoms with E-state index in [0.717, 1.165) is 10.2 Å². The average Bonchev–Trinajstić information content (AvgIpc) is 2.66. The molecule has 102 valence electrons. The van der Waals surface area contributed by atoms with E-state index in [9.17, 15) is 4.79 Å². The molecule has 1 aromatic carbocycles. The third-order valence-electron chi connectivity index (χ3n) is 2.57. The fourth-order valence-electron chi connectivity index (χ4n) is 1.59. The number of carbonyl (C=O) groups is 1. The molecule has 0 atom stereocenters. The second-order valence-corrected chi connectivity index (χ2v) is 6.67. The highest BCUT2D eigenvalue weighted by Crippen LogP contribution is 2.26. The summed E-state index contributed by atoms with van der Waals surface area (Å²) in [5, 5.41) is 6.63. The third kappa shape index (κ3) is 4.01. The predicted molar refractivity (Wildman–Crippen MR) is 80.7 cm³/mol. The molecule has 2 N–H and O–H groups in total. The molecule has 2 rings (SSSR count). The predicted octanol–water partition coefficient (Wildman–Crippen LogP) is 2.93. The maximum Gasteiger partial charge on any atom is 0.240 e. The number of anilines is 1. The largest absolute Gasteiger partial charge is 0.304 e. The fourth-order valence-corrected chi connectivity index (χ4v) is 2.57. The summed E-state index contributed by atoms with van der Waals surface area (Å²) in [5.74, 6) is -0.0642. The van der Waals surface area contributed by atoms with Crippen LogP contribution in [-0.4, -0.2) is 23.0 Å². The topological polar surface area (TPSA) is 54.0 Å². The summed E-state index contributed by atoms with van der Waals surface area (Å²) >= 11 is 1.50. The van der Waals surface area contributed by atoms with Crippen LogP contribution in [0.5, 0.6) is 0 Å². The maximum absolute atomic E-state index is 11.8. The van der Waals surface area contributed by atoms with Crippen molar-refractivity contribution in [3.8, 4) is 0 Å². The zero-order valence-corrected chi connectivity index (χ0v) is 12.5. The first kappa shape index (κ1) is 14.0. The van der Waals surface area contributed by atoms with E-state index in [1.807, 2.05) is 39.8 Å². The lowest BCUT2D eigenvalue weighted by atomic mass is 10.1. The van der Waals surface area contributed by atoms with Crippen LogP contribution in [-0.2, 0) is 4.79 Å². The third-order valence-corrected chi connectivity index (χ3v) is 3.50. The number of amides is 1. The van der Waals surface area contributed by atoms with Crippen LogP contribution in [0.25, 0.3) is 10.2 Å². The number of thiazole rings is 1. The van der Waals surface area contributed by atoms with E-state index in [1.165, 1.54) is 16.9 Å². The molecular weight excluding hydrogens is 258 g/mol. The lowest BCUT2D eigenvalue weighted by Crippen LogP contribution is -2.41. The first-order chi connectivity index (χ1) is 8.83. The van der Waals surface area contributed by atoms with Crippen molar-refractivity contribution < 1.29 is 4.79 Å². The van der Waals surface area contributed by atoms with E-state index in [2.05, 4.69) is 21.7 Å². The summed E-state index contributed by atoms with van der Waals surface area (Å²) in [4.78, 5) is 16.2. The van der Waals surface area contributed by atoms with Crippen molar-refractivity contribution in [2.45, 2.75) is 33.2 Å². The molecule has 1 aromatic heterocycles. The Hall–Kier alpha value is -1.46. The Bertz CT molecular complexity index is 598. The molecule has 0 aliphatic carbocycles. The number of nitrogens with one attached hydrogen (secondary N) is 2. The van der Waals surface area contributed by atoms with Crippen LogP contribution >= 0.6 is 11.3 Å². The van der Waals surface area contributed by atoms with Gasteiger partial charge in [0, 0.05) is 5.54 Å². The first-order valence-corrected chi connectivity index (χ1v) is 7.07. The van der Waals surface area contributed by atoms with Crippen molar-refractivity contribution in [2.24, 2.45) is 0 Å². The van der Waals surface area contributed by atoms with Crippen LogP contribution in [0.2, 0.25) is 0 Å². The molecule has 1 amide bonds. The highest BCUT2D eigenvalue weighted by atomic mass is 32.1. The van der Waals surface area contributed by atoms with Crippen LogP contribution in [0.3, 0.4) is 0 Å². The van der Waals surface area contributed by atoms with Gasteiger partial charge in [-0.3, -0.25) is 4.79 Å². The Labute approximate surface area is 117 Å². The minimum absolute atomic E-state index is 0.0642. The van der Waals surface area contributed by atoms with Crippen LogP contribution in [0, 0.1) is 6.92 Å². The van der Waals surface area contributed by atoms with Gasteiger partial charge in [-0.05, 0) is 45.4 Å². The van der Waals surface area contributed by atoms with Crippen LogP contribution in [0.15, 0.2) is 18.2 Å². The van der Waals surface area contributed by atoms with Gasteiger partial charge >= 0.3 is 0 Å². The molecule has 2 aromatic rings. The SMILES string of the molecule is Cc1ccc2nc(NC(=O)CNC(C)(C)C)sc2c1. The summed E-state index contributed by atoms with van der Waals surface area (Å²) in [7, 11) is 0. The second-order valence-electron chi connectivity index (χ2n) is 5.64. The van der Waals surface area contributed by atoms with E-state index in [-0.39, 0.29) is 11.4 Å². The van der Waals surface area contributed by atoms with E-state index in [1.54, 1.807) is 0 Å². The highest BCUT2D eigenvalue weighted by molar-refractivity contribution is 7.22. The van der Waals surface area contributed by atoms with Gasteiger partial charge in [-0.2, -0.15) is 0 Å². The molecule has 0 spiro atoms. The van der Waals surface area contributed by atoms with Gasteiger partial charge in [0.05, 0.1) is 16.8 Å². The Morgan fingerprint density at radius 1 is 1.37 bits per heavy atom. The van der Waals surface area contributed by atoms with E-state index < -0.39 is 0 Å². The van der Waals surface area contributed by atoms with E-state index in [4.69, 9.17) is 0 Å². The summed E-state index contributed by atoms with van der Waals surface area (Å²) in [6.45, 7) is 8.42. The van der Waals surface area contributed by atoms with Gasteiger partial charge in [-0.25, -0.2) is 4.98 Å². The number of benzene rings is 1. The molecule has 0 fully saturated rings. The quantitative estimate of drug-likeness (QED) is 0.907. The van der Waals surface area contributed by atoms with Crippen LogP contribution in [0.1, 0.15) is 26.3 Å². The van der Waals surface area contributed by atoms with Crippen molar-refractivity contribution in [2.75, 3.05) is 11.9 Å². The Kier molecular flexibility index (Phi) is 3.87. The van der Waals surface area contributed by atoms with Crippen molar-refractivity contribution in [1.82, 2.24) is 10.3 Å². The van der Waals surface area contributed by atoms with Crippen LogP contribution in [0.4, 0.5) is 5.13 Å². The van der Waals surface area contributed by atoms with Gasteiger partial charge in [-0.15, -0.1) is 0 Å². The van der Waals surface area contributed by atoms with Crippen molar-refractivity contribution in [3.05, 3.63) is 23.8 Å². The van der Waals surface area contributed by atoms with Gasteiger partial charge in [0.25, 0.3) is 0 Å². The Balaban J connectivity index is 2.03. The number of rotatable bonds is 3. The lowest BCUT2D eigenvalue weighted by Gasteiger charge is -2.19. The standard InChI is InChI=1S/C14H19N3OS/c1-9-5-6-10-11(7-9)19-13(16-10)17-12(18)8-15-14(2,3)4/h5-7,15H,8H2,1-4H3,(H,16,17,18). The minimum atomic E-state index is -0.0674. The molecule has 4 nitrogen and oxygen atoms in total. The molecule has 0 saturated carbocycles. The lowest BCUT2D eigenvalue weighted by molar-refractivity contribution is -0.115. The molecule has 5 heteroatoms. The number of nitrogens with zero attached hydrogens (tertiary/aromatic N) is 1. The van der Waals surface area contributed by atoms with Crippen molar-refractivity contribution in [1.29, 1.82) is 0 Å². The molecular formula is C14H19N3OS. The number of aromatic nitrogens is 1. The van der Waals surface area contributed by atoms with Gasteiger partial charge < -0.3 is 10.6 Å². The maximum atomic E-state index is 11.8. The highest BCUT2D eigenvalue weighted by Gasteiger charge is 2.12. The number of fused-ring (bicyclic) bond motifs is 1. The Morgan fingerprint density at radius 2 is 2.11 bits per heavy atom. The number of aryl methyl sites for hydroxylation is 1. The molecule has 0 unspecified atom stereocenters. The van der Waals surface area contributed by atoms with Gasteiger partial charge in [-0.1, -0.05) is 17.4 Å². The Morgan fingerprint density at radius 3 is 2.79 bits per heavy atom. The zero-order valence-electron chi connectivity index (χ0n) is 11.7. The van der Waals surface area contributed by atoms with E-state index in [0.29, 0.717) is 11.7 Å². The zero-order chi connectivity index (χ0) is 14.0. The molecule has 1 heterocycles. The molecule has 0 bridgehead atoms. The molecule has 0 aliphatic rings. The smallest absolute Gasteiger partial charge is 0.240 e. The van der Waals surface area contributed by atoms with E-state index >= 15 is 0 Å². The summed E-state index contributed by atoms with van der Waals surface area (Å²) in [5.41, 5.74) is 2.06. The molecule has 0 saturated heterocycles. The number of carbonyl (C=O) groups excluding carboxylic acids is 1. The van der Waals surface area contributed by atoms with Gasteiger partial charge in [0.1, 0.15) is 0 Å². The second kappa shape index (κ2) is 5.27. The molecule has 0 aliphatic heterocycles. The summed E-state index contributed by atoms with van der Waals surface area (Å²) in [6.07, 6.45) is 0. The van der Waals surface area contributed by atoms with Crippen molar-refractivity contribution >= 4 is 32.6 Å². The average molecular weight is 277 g/mol. The molecule has 19 heavy (non-hydrogen) atoms. The van der Waals surface area contributed by atoms with Crippen molar-refractivity contribution in [3.63, 3.8) is 0 Å². The summed E-state index contributed by atoms with van der Waals surface area (Å²) < 4.78 is 1.10. The van der Waals surface area contributed by atoms with Gasteiger partial charge in [0.2, 0.25) is 5.91 Å². The minimum Gasteiger partial charge on any atom is -0.304 e. The first-order valence-electron chi connectivity index (χ1n) is 6.25. The normalized spacial score (nSPS) is 11.8. The number of hydrogen-bond acceptors (Lipinski definition) is 4. The fraction of sp³-hybridized carbons (Fsp3) is 0.429. The summed E-state index contributed by atoms with van der Waals surface area (Å²) in [6, 6.07) is 6.08.